The molecule has 24 heavy (non-hydrogen) atoms. The zero-order chi connectivity index (χ0) is 17.4. The fourth-order valence-electron chi connectivity index (χ4n) is 2.16. The van der Waals surface area contributed by atoms with E-state index in [1.54, 1.807) is 38.3 Å². The molecule has 1 atom stereocenters. The first-order valence-electron chi connectivity index (χ1n) is 7.92. The molecule has 2 aromatic rings. The average molecular weight is 329 g/mol. The van der Waals surface area contributed by atoms with Crippen molar-refractivity contribution in [2.75, 3.05) is 13.7 Å². The molecular weight excluding hydrogens is 306 g/mol. The van der Waals surface area contributed by atoms with Crippen LogP contribution in [-0.2, 0) is 11.3 Å². The van der Waals surface area contributed by atoms with E-state index in [1.165, 1.54) is 0 Å². The highest BCUT2D eigenvalue weighted by molar-refractivity contribution is 5.80. The van der Waals surface area contributed by atoms with Crippen LogP contribution < -0.4 is 19.5 Å². The summed E-state index contributed by atoms with van der Waals surface area (Å²) in [5.74, 6) is 1.99. The van der Waals surface area contributed by atoms with Crippen LogP contribution in [0.4, 0.5) is 0 Å². The number of benzene rings is 2. The summed E-state index contributed by atoms with van der Waals surface area (Å²) in [6.45, 7) is 4.70. The quantitative estimate of drug-likeness (QED) is 0.808. The van der Waals surface area contributed by atoms with Gasteiger partial charge in [0.2, 0.25) is 0 Å². The standard InChI is InChI=1S/C19H23NO4/c1-4-23-18-7-5-6-15(12-18)13-20-19(21)14(2)24-17-10-8-16(22-3)9-11-17/h5-12,14H,4,13H2,1-3H3,(H,20,21). The lowest BCUT2D eigenvalue weighted by Crippen LogP contribution is -2.35. The van der Waals surface area contributed by atoms with E-state index in [0.717, 1.165) is 17.1 Å². The van der Waals surface area contributed by atoms with Crippen LogP contribution in [0.5, 0.6) is 17.2 Å². The van der Waals surface area contributed by atoms with E-state index < -0.39 is 6.10 Å². The van der Waals surface area contributed by atoms with Crippen LogP contribution in [0.25, 0.3) is 0 Å². The predicted molar refractivity (Wildman–Crippen MR) is 92.5 cm³/mol. The highest BCUT2D eigenvalue weighted by Gasteiger charge is 2.14. The summed E-state index contributed by atoms with van der Waals surface area (Å²) < 4.78 is 16.2. The number of ether oxygens (including phenoxy) is 3. The molecule has 1 amide bonds. The molecule has 0 saturated carbocycles. The minimum Gasteiger partial charge on any atom is -0.497 e. The molecular formula is C19H23NO4. The van der Waals surface area contributed by atoms with E-state index in [0.29, 0.717) is 18.9 Å². The summed E-state index contributed by atoms with van der Waals surface area (Å²) in [4.78, 5) is 12.2. The molecule has 1 unspecified atom stereocenters. The van der Waals surface area contributed by atoms with Gasteiger partial charge in [0.05, 0.1) is 13.7 Å². The van der Waals surface area contributed by atoms with Crippen LogP contribution in [0.2, 0.25) is 0 Å². The van der Waals surface area contributed by atoms with Crippen molar-refractivity contribution < 1.29 is 19.0 Å². The molecule has 0 aromatic heterocycles. The Bertz CT molecular complexity index is 655. The summed E-state index contributed by atoms with van der Waals surface area (Å²) >= 11 is 0. The van der Waals surface area contributed by atoms with E-state index in [9.17, 15) is 4.79 Å². The third-order valence-electron chi connectivity index (χ3n) is 3.42. The van der Waals surface area contributed by atoms with E-state index in [1.807, 2.05) is 31.2 Å². The maximum Gasteiger partial charge on any atom is 0.261 e. The number of carbonyl (C=O) groups is 1. The Morgan fingerprint density at radius 1 is 1.08 bits per heavy atom. The minimum absolute atomic E-state index is 0.173. The van der Waals surface area contributed by atoms with Crippen LogP contribution in [-0.4, -0.2) is 25.7 Å². The molecule has 0 fully saturated rings. The van der Waals surface area contributed by atoms with Crippen LogP contribution >= 0.6 is 0 Å². The summed E-state index contributed by atoms with van der Waals surface area (Å²) in [5.41, 5.74) is 0.978. The zero-order valence-electron chi connectivity index (χ0n) is 14.2. The van der Waals surface area contributed by atoms with Gasteiger partial charge in [0.15, 0.2) is 6.10 Å². The number of hydrogen-bond donors (Lipinski definition) is 1. The largest absolute Gasteiger partial charge is 0.497 e. The summed E-state index contributed by atoms with van der Waals surface area (Å²) in [5, 5.41) is 2.87. The molecule has 128 valence electrons. The zero-order valence-corrected chi connectivity index (χ0v) is 14.2. The molecule has 1 N–H and O–H groups in total. The normalized spacial score (nSPS) is 11.5. The number of methoxy groups -OCH3 is 1. The van der Waals surface area contributed by atoms with Crippen molar-refractivity contribution >= 4 is 5.91 Å². The second kappa shape index (κ2) is 8.82. The molecule has 2 rings (SSSR count). The van der Waals surface area contributed by atoms with Crippen molar-refractivity contribution in [1.29, 1.82) is 0 Å². The van der Waals surface area contributed by atoms with Crippen molar-refractivity contribution in [1.82, 2.24) is 5.32 Å². The lowest BCUT2D eigenvalue weighted by Gasteiger charge is -2.15. The summed E-state index contributed by atoms with van der Waals surface area (Å²) in [6, 6.07) is 14.8. The number of amides is 1. The predicted octanol–water partition coefficient (Wildman–Crippen LogP) is 3.18. The molecule has 5 nitrogen and oxygen atoms in total. The summed E-state index contributed by atoms with van der Waals surface area (Å²) in [7, 11) is 1.60. The second-order valence-electron chi connectivity index (χ2n) is 5.23. The molecule has 0 saturated heterocycles. The SMILES string of the molecule is CCOc1cccc(CNC(=O)C(C)Oc2ccc(OC)cc2)c1. The van der Waals surface area contributed by atoms with Gasteiger partial charge in [0, 0.05) is 6.54 Å². The summed E-state index contributed by atoms with van der Waals surface area (Å²) in [6.07, 6.45) is -0.589. The topological polar surface area (TPSA) is 56.8 Å². The van der Waals surface area contributed by atoms with Crippen LogP contribution in [0.1, 0.15) is 19.4 Å². The smallest absolute Gasteiger partial charge is 0.261 e. The van der Waals surface area contributed by atoms with Gasteiger partial charge in [-0.15, -0.1) is 0 Å². The van der Waals surface area contributed by atoms with Gasteiger partial charge in [0.25, 0.3) is 5.91 Å². The third kappa shape index (κ3) is 5.19. The number of carbonyl (C=O) groups excluding carboxylic acids is 1. The first kappa shape index (κ1) is 17.7. The van der Waals surface area contributed by atoms with E-state index in [-0.39, 0.29) is 5.91 Å². The van der Waals surface area contributed by atoms with Gasteiger partial charge in [-0.2, -0.15) is 0 Å². The molecule has 0 aliphatic heterocycles. The van der Waals surface area contributed by atoms with Gasteiger partial charge >= 0.3 is 0 Å². The Morgan fingerprint density at radius 2 is 1.79 bits per heavy atom. The van der Waals surface area contributed by atoms with Crippen molar-refractivity contribution in [2.24, 2.45) is 0 Å². The van der Waals surface area contributed by atoms with Crippen molar-refractivity contribution in [3.63, 3.8) is 0 Å². The lowest BCUT2D eigenvalue weighted by atomic mass is 10.2. The molecule has 0 aliphatic rings. The Hall–Kier alpha value is -2.69. The van der Waals surface area contributed by atoms with Gasteiger partial charge in [-0.1, -0.05) is 12.1 Å². The molecule has 0 aliphatic carbocycles. The average Bonchev–Trinajstić information content (AvgIpc) is 2.61. The molecule has 0 bridgehead atoms. The van der Waals surface area contributed by atoms with E-state index >= 15 is 0 Å². The van der Waals surface area contributed by atoms with Crippen molar-refractivity contribution in [3.8, 4) is 17.2 Å². The fourth-order valence-corrected chi connectivity index (χ4v) is 2.16. The molecule has 0 spiro atoms. The number of hydrogen-bond acceptors (Lipinski definition) is 4. The first-order chi connectivity index (χ1) is 11.6. The van der Waals surface area contributed by atoms with Crippen molar-refractivity contribution in [3.05, 3.63) is 54.1 Å². The third-order valence-corrected chi connectivity index (χ3v) is 3.42. The number of rotatable bonds is 8. The molecule has 0 heterocycles. The van der Waals surface area contributed by atoms with Crippen LogP contribution in [0.15, 0.2) is 48.5 Å². The van der Waals surface area contributed by atoms with Crippen molar-refractivity contribution in [2.45, 2.75) is 26.5 Å². The van der Waals surface area contributed by atoms with Gasteiger partial charge in [-0.05, 0) is 55.8 Å². The first-order valence-corrected chi connectivity index (χ1v) is 7.92. The fraction of sp³-hybridized carbons (Fsp3) is 0.316. The van der Waals surface area contributed by atoms with Gasteiger partial charge in [0.1, 0.15) is 17.2 Å². The maximum atomic E-state index is 12.2. The monoisotopic (exact) mass is 329 g/mol. The Morgan fingerprint density at radius 3 is 2.46 bits per heavy atom. The highest BCUT2D eigenvalue weighted by Crippen LogP contribution is 2.18. The highest BCUT2D eigenvalue weighted by atomic mass is 16.5. The molecule has 2 aromatic carbocycles. The van der Waals surface area contributed by atoms with E-state index in [2.05, 4.69) is 5.32 Å². The van der Waals surface area contributed by atoms with Crippen LogP contribution in [0, 0.1) is 0 Å². The Kier molecular flexibility index (Phi) is 6.49. The molecule has 5 heteroatoms. The Balaban J connectivity index is 1.85. The molecule has 0 radical (unpaired) electrons. The Labute approximate surface area is 142 Å². The van der Waals surface area contributed by atoms with Gasteiger partial charge < -0.3 is 19.5 Å². The number of nitrogens with one attached hydrogen (secondary N) is 1. The maximum absolute atomic E-state index is 12.2. The van der Waals surface area contributed by atoms with E-state index in [4.69, 9.17) is 14.2 Å². The second-order valence-corrected chi connectivity index (χ2v) is 5.23. The van der Waals surface area contributed by atoms with Gasteiger partial charge in [-0.3, -0.25) is 4.79 Å². The van der Waals surface area contributed by atoms with Gasteiger partial charge in [-0.25, -0.2) is 0 Å². The lowest BCUT2D eigenvalue weighted by molar-refractivity contribution is -0.127. The van der Waals surface area contributed by atoms with Crippen LogP contribution in [0.3, 0.4) is 0 Å². The minimum atomic E-state index is -0.589.